The molecule has 1 aromatic heterocycles. The van der Waals surface area contributed by atoms with Crippen molar-refractivity contribution in [2.75, 3.05) is 23.4 Å². The Hall–Kier alpha value is -1.86. The summed E-state index contributed by atoms with van der Waals surface area (Å²) in [6, 6.07) is 7.08. The third kappa shape index (κ3) is 5.62. The zero-order chi connectivity index (χ0) is 23.6. The van der Waals surface area contributed by atoms with Gasteiger partial charge in [0.15, 0.2) is 0 Å². The number of ether oxygens (including phenoxy) is 1. The molecule has 4 rings (SSSR count). The standard InChI is InChI=1S/C25H35ClN4O2S/c1-5-32-22(31)11-17(4)18-7-8-21(20(12-18)27-24-28-23(26)29-33-24)30(15-16(2)3)19-13-25(14-19)9-6-10-25/h7-8,12,16-17,19H,5-6,9-11,13-15H2,1-4H3,(H,27,28,29)/t17-/m1/s1. The monoisotopic (exact) mass is 490 g/mol. The highest BCUT2D eigenvalue weighted by Crippen LogP contribution is 2.58. The fourth-order valence-electron chi connectivity index (χ4n) is 5.25. The van der Waals surface area contributed by atoms with E-state index in [1.807, 2.05) is 6.92 Å². The molecule has 1 aromatic carbocycles. The molecule has 8 heteroatoms. The van der Waals surface area contributed by atoms with E-state index in [0.717, 1.165) is 17.8 Å². The number of nitrogens with zero attached hydrogens (tertiary/aromatic N) is 3. The summed E-state index contributed by atoms with van der Waals surface area (Å²) in [5.74, 6) is 0.438. The predicted octanol–water partition coefficient (Wildman–Crippen LogP) is 6.79. The number of halogens is 1. The zero-order valence-corrected chi connectivity index (χ0v) is 21.6. The maximum Gasteiger partial charge on any atom is 0.306 e. The van der Waals surface area contributed by atoms with Crippen molar-refractivity contribution < 1.29 is 9.53 Å². The normalized spacial score (nSPS) is 18.0. The van der Waals surface area contributed by atoms with E-state index in [-0.39, 0.29) is 17.2 Å². The van der Waals surface area contributed by atoms with E-state index in [2.05, 4.69) is 58.5 Å². The first-order valence-electron chi connectivity index (χ1n) is 12.1. The van der Waals surface area contributed by atoms with Gasteiger partial charge < -0.3 is 15.0 Å². The zero-order valence-electron chi connectivity index (χ0n) is 20.1. The molecule has 2 aliphatic rings. The molecule has 0 aliphatic heterocycles. The maximum absolute atomic E-state index is 12.1. The van der Waals surface area contributed by atoms with E-state index in [9.17, 15) is 4.79 Å². The third-order valence-electron chi connectivity index (χ3n) is 7.07. The van der Waals surface area contributed by atoms with E-state index < -0.39 is 0 Å². The molecule has 6 nitrogen and oxygen atoms in total. The second-order valence-electron chi connectivity index (χ2n) is 10.1. The van der Waals surface area contributed by atoms with Crippen molar-refractivity contribution >= 4 is 45.6 Å². The number of rotatable bonds is 10. The Labute approximate surface area is 206 Å². The molecule has 2 fully saturated rings. The highest BCUT2D eigenvalue weighted by molar-refractivity contribution is 7.10. The van der Waals surface area contributed by atoms with E-state index >= 15 is 0 Å². The van der Waals surface area contributed by atoms with Crippen LogP contribution in [0.1, 0.15) is 77.7 Å². The average Bonchev–Trinajstić information content (AvgIpc) is 3.09. The SMILES string of the molecule is CCOC(=O)C[C@@H](C)c1ccc(N(CC(C)C)C2CC3(CCC3)C2)c(Nc2nc(Cl)ns2)c1. The lowest BCUT2D eigenvalue weighted by Crippen LogP contribution is -2.55. The summed E-state index contributed by atoms with van der Waals surface area (Å²) in [6.45, 7) is 9.86. The fourth-order valence-corrected chi connectivity index (χ4v) is 5.98. The van der Waals surface area contributed by atoms with Crippen LogP contribution >= 0.6 is 23.1 Å². The van der Waals surface area contributed by atoms with Gasteiger partial charge in [-0.3, -0.25) is 4.79 Å². The van der Waals surface area contributed by atoms with E-state index in [0.29, 0.717) is 35.5 Å². The van der Waals surface area contributed by atoms with Crippen molar-refractivity contribution in [3.8, 4) is 0 Å². The first-order valence-corrected chi connectivity index (χ1v) is 13.3. The van der Waals surface area contributed by atoms with Gasteiger partial charge in [0, 0.05) is 24.1 Å². The molecule has 1 spiro atoms. The van der Waals surface area contributed by atoms with E-state index in [1.54, 1.807) is 0 Å². The molecule has 0 radical (unpaired) electrons. The summed E-state index contributed by atoms with van der Waals surface area (Å²) in [4.78, 5) is 18.9. The van der Waals surface area contributed by atoms with Crippen molar-refractivity contribution in [1.82, 2.24) is 9.36 Å². The molecule has 180 valence electrons. The summed E-state index contributed by atoms with van der Waals surface area (Å²) in [6.07, 6.45) is 7.08. The first kappa shape index (κ1) is 24.3. The Morgan fingerprint density at radius 2 is 2.09 bits per heavy atom. The summed E-state index contributed by atoms with van der Waals surface area (Å²) in [5.41, 5.74) is 3.87. The molecular formula is C25H35ClN4O2S. The predicted molar refractivity (Wildman–Crippen MR) is 136 cm³/mol. The second-order valence-corrected chi connectivity index (χ2v) is 11.2. The summed E-state index contributed by atoms with van der Waals surface area (Å²) < 4.78 is 9.28. The Kier molecular flexibility index (Phi) is 7.49. The van der Waals surface area contributed by atoms with Crippen molar-refractivity contribution in [3.63, 3.8) is 0 Å². The number of esters is 1. The molecule has 2 aromatic rings. The largest absolute Gasteiger partial charge is 0.466 e. The minimum atomic E-state index is -0.166. The summed E-state index contributed by atoms with van der Waals surface area (Å²) >= 11 is 7.24. The molecule has 33 heavy (non-hydrogen) atoms. The van der Waals surface area contributed by atoms with Gasteiger partial charge in [-0.25, -0.2) is 0 Å². The van der Waals surface area contributed by atoms with Crippen LogP contribution in [0.3, 0.4) is 0 Å². The minimum absolute atomic E-state index is 0.0529. The molecule has 2 saturated carbocycles. The molecule has 1 heterocycles. The lowest BCUT2D eigenvalue weighted by atomic mass is 9.53. The number of carbonyl (C=O) groups is 1. The van der Waals surface area contributed by atoms with Crippen LogP contribution in [0, 0.1) is 11.3 Å². The molecule has 2 aliphatic carbocycles. The molecule has 0 bridgehead atoms. The summed E-state index contributed by atoms with van der Waals surface area (Å²) in [5, 5.41) is 4.40. The van der Waals surface area contributed by atoms with E-state index in [4.69, 9.17) is 16.3 Å². The van der Waals surface area contributed by atoms with Gasteiger partial charge in [-0.15, -0.1) is 0 Å². The molecule has 1 N–H and O–H groups in total. The molecular weight excluding hydrogens is 456 g/mol. The smallest absolute Gasteiger partial charge is 0.306 e. The highest BCUT2D eigenvalue weighted by atomic mass is 35.5. The number of benzene rings is 1. The minimum Gasteiger partial charge on any atom is -0.466 e. The van der Waals surface area contributed by atoms with Gasteiger partial charge in [0.2, 0.25) is 10.4 Å². The number of carbonyl (C=O) groups excluding carboxylic acids is 1. The van der Waals surface area contributed by atoms with Gasteiger partial charge in [-0.1, -0.05) is 33.3 Å². The second kappa shape index (κ2) is 10.2. The van der Waals surface area contributed by atoms with Crippen LogP contribution in [-0.2, 0) is 9.53 Å². The lowest BCUT2D eigenvalue weighted by molar-refractivity contribution is -0.143. The van der Waals surface area contributed by atoms with Gasteiger partial charge >= 0.3 is 5.97 Å². The van der Waals surface area contributed by atoms with Crippen LogP contribution in [0.15, 0.2) is 18.2 Å². The number of aromatic nitrogens is 2. The Bertz CT molecular complexity index is 967. The van der Waals surface area contributed by atoms with Crippen LogP contribution < -0.4 is 10.2 Å². The van der Waals surface area contributed by atoms with Crippen LogP contribution in [0.2, 0.25) is 5.28 Å². The van der Waals surface area contributed by atoms with E-state index in [1.165, 1.54) is 49.3 Å². The molecule has 0 unspecified atom stereocenters. The topological polar surface area (TPSA) is 67.3 Å². The van der Waals surface area contributed by atoms with Gasteiger partial charge in [0.1, 0.15) is 0 Å². The lowest BCUT2D eigenvalue weighted by Gasteiger charge is -2.58. The maximum atomic E-state index is 12.1. The third-order valence-corrected chi connectivity index (χ3v) is 7.97. The van der Waals surface area contributed by atoms with Gasteiger partial charge in [-0.2, -0.15) is 9.36 Å². The first-order chi connectivity index (χ1) is 15.8. The Morgan fingerprint density at radius 1 is 1.33 bits per heavy atom. The van der Waals surface area contributed by atoms with Crippen molar-refractivity contribution in [2.45, 2.75) is 78.2 Å². The molecule has 1 atom stereocenters. The van der Waals surface area contributed by atoms with Crippen molar-refractivity contribution in [3.05, 3.63) is 29.0 Å². The van der Waals surface area contributed by atoms with Gasteiger partial charge in [0.05, 0.1) is 24.4 Å². The summed E-state index contributed by atoms with van der Waals surface area (Å²) in [7, 11) is 0. The quantitative estimate of drug-likeness (QED) is 0.370. The average molecular weight is 491 g/mol. The number of nitrogens with one attached hydrogen (secondary N) is 1. The van der Waals surface area contributed by atoms with Crippen molar-refractivity contribution in [2.24, 2.45) is 11.3 Å². The fraction of sp³-hybridized carbons (Fsp3) is 0.640. The van der Waals surface area contributed by atoms with Crippen LogP contribution in [0.4, 0.5) is 16.5 Å². The molecule has 0 saturated heterocycles. The Balaban J connectivity index is 1.63. The highest BCUT2D eigenvalue weighted by Gasteiger charge is 2.50. The molecule has 0 amide bonds. The van der Waals surface area contributed by atoms with Gasteiger partial charge in [-0.05, 0) is 79.2 Å². The van der Waals surface area contributed by atoms with Crippen LogP contribution in [0.25, 0.3) is 0 Å². The van der Waals surface area contributed by atoms with Crippen molar-refractivity contribution in [1.29, 1.82) is 0 Å². The number of anilines is 3. The van der Waals surface area contributed by atoms with Gasteiger partial charge in [0.25, 0.3) is 0 Å². The van der Waals surface area contributed by atoms with Crippen LogP contribution in [-0.4, -0.2) is 34.5 Å². The van der Waals surface area contributed by atoms with Crippen LogP contribution in [0.5, 0.6) is 0 Å². The Morgan fingerprint density at radius 3 is 2.67 bits per heavy atom. The number of hydrogen-bond donors (Lipinski definition) is 1. The number of hydrogen-bond acceptors (Lipinski definition) is 7.